The van der Waals surface area contributed by atoms with Crippen molar-refractivity contribution in [2.24, 2.45) is 0 Å². The van der Waals surface area contributed by atoms with E-state index < -0.39 is 10.0 Å². The molecular weight excluding hydrogens is 260 g/mol. The Morgan fingerprint density at radius 3 is 2.11 bits per heavy atom. The van der Waals surface area contributed by atoms with Crippen LogP contribution in [0.15, 0.2) is 0 Å². The van der Waals surface area contributed by atoms with Crippen molar-refractivity contribution in [2.45, 2.75) is 77.5 Å². The zero-order chi connectivity index (χ0) is 14.7. The van der Waals surface area contributed by atoms with Gasteiger partial charge in [-0.2, -0.15) is 0 Å². The lowest BCUT2D eigenvalue weighted by Crippen LogP contribution is -2.41. The molecule has 0 heterocycles. The summed E-state index contributed by atoms with van der Waals surface area (Å²) in [5.74, 6) is 0. The Morgan fingerprint density at radius 1 is 0.947 bits per heavy atom. The molecule has 4 nitrogen and oxygen atoms in total. The molecule has 0 rings (SSSR count). The summed E-state index contributed by atoms with van der Waals surface area (Å²) < 4.78 is 26.6. The van der Waals surface area contributed by atoms with E-state index in [4.69, 9.17) is 0 Å². The number of nitrogens with one attached hydrogen (secondary N) is 2. The standard InChI is InChI=1S/C14H32N2O2S/c1-5-6-7-8-9-10-11-16-19(17,18)14(4)12-15-13(2)3/h13-16H,5-12H2,1-4H3. The van der Waals surface area contributed by atoms with E-state index in [1.54, 1.807) is 6.92 Å². The highest BCUT2D eigenvalue weighted by Gasteiger charge is 2.19. The molecule has 0 aromatic heterocycles. The van der Waals surface area contributed by atoms with Gasteiger partial charge < -0.3 is 5.32 Å². The molecule has 1 atom stereocenters. The van der Waals surface area contributed by atoms with Crippen LogP contribution >= 0.6 is 0 Å². The van der Waals surface area contributed by atoms with E-state index in [1.165, 1.54) is 25.7 Å². The summed E-state index contributed by atoms with van der Waals surface area (Å²) in [4.78, 5) is 0. The Balaban J connectivity index is 3.72. The van der Waals surface area contributed by atoms with Crippen LogP contribution in [0.25, 0.3) is 0 Å². The zero-order valence-corrected chi connectivity index (χ0v) is 13.9. The van der Waals surface area contributed by atoms with Crippen molar-refractivity contribution in [1.82, 2.24) is 10.0 Å². The van der Waals surface area contributed by atoms with Gasteiger partial charge in [-0.3, -0.25) is 0 Å². The van der Waals surface area contributed by atoms with Crippen LogP contribution in [0.5, 0.6) is 0 Å². The topological polar surface area (TPSA) is 58.2 Å². The van der Waals surface area contributed by atoms with Gasteiger partial charge in [0, 0.05) is 19.1 Å². The molecule has 1 unspecified atom stereocenters. The van der Waals surface area contributed by atoms with Crippen LogP contribution in [0.3, 0.4) is 0 Å². The summed E-state index contributed by atoms with van der Waals surface area (Å²) in [5, 5.41) is 2.78. The Hall–Kier alpha value is -0.130. The van der Waals surface area contributed by atoms with Gasteiger partial charge in [-0.05, 0) is 13.3 Å². The molecule has 0 radical (unpaired) electrons. The lowest BCUT2D eigenvalue weighted by molar-refractivity contribution is 0.535. The molecule has 0 aromatic rings. The number of sulfonamides is 1. The van der Waals surface area contributed by atoms with Crippen LogP contribution < -0.4 is 10.0 Å². The Bertz CT molecular complexity index is 303. The van der Waals surface area contributed by atoms with Crippen molar-refractivity contribution >= 4 is 10.0 Å². The summed E-state index contributed by atoms with van der Waals surface area (Å²) in [6.45, 7) is 9.05. The number of unbranched alkanes of at least 4 members (excludes halogenated alkanes) is 5. The fourth-order valence-electron chi connectivity index (χ4n) is 1.77. The van der Waals surface area contributed by atoms with Crippen LogP contribution in [0.2, 0.25) is 0 Å². The Morgan fingerprint density at radius 2 is 1.53 bits per heavy atom. The second-order valence-corrected chi connectivity index (χ2v) is 7.76. The zero-order valence-electron chi connectivity index (χ0n) is 13.0. The van der Waals surface area contributed by atoms with Gasteiger partial charge in [-0.15, -0.1) is 0 Å². The summed E-state index contributed by atoms with van der Waals surface area (Å²) in [6, 6.07) is 0.316. The van der Waals surface area contributed by atoms with E-state index in [2.05, 4.69) is 17.0 Å². The van der Waals surface area contributed by atoms with Crippen molar-refractivity contribution in [3.63, 3.8) is 0 Å². The van der Waals surface area contributed by atoms with Crippen molar-refractivity contribution in [2.75, 3.05) is 13.1 Å². The molecule has 0 saturated heterocycles. The molecular formula is C14H32N2O2S. The van der Waals surface area contributed by atoms with Crippen LogP contribution in [-0.4, -0.2) is 32.8 Å². The molecule has 0 aromatic carbocycles. The number of rotatable bonds is 12. The van der Waals surface area contributed by atoms with E-state index in [0.717, 1.165) is 12.8 Å². The minimum atomic E-state index is -3.17. The van der Waals surface area contributed by atoms with E-state index in [0.29, 0.717) is 19.1 Å². The van der Waals surface area contributed by atoms with Gasteiger partial charge in [0.15, 0.2) is 0 Å². The summed E-state index contributed by atoms with van der Waals surface area (Å²) >= 11 is 0. The number of hydrogen-bond acceptors (Lipinski definition) is 3. The smallest absolute Gasteiger partial charge is 0.215 e. The molecule has 0 aliphatic rings. The van der Waals surface area contributed by atoms with Crippen LogP contribution in [0.1, 0.15) is 66.2 Å². The molecule has 0 spiro atoms. The maximum absolute atomic E-state index is 11.9. The molecule has 116 valence electrons. The molecule has 0 amide bonds. The highest BCUT2D eigenvalue weighted by atomic mass is 32.2. The second kappa shape index (κ2) is 10.6. The molecule has 0 fully saturated rings. The van der Waals surface area contributed by atoms with Crippen molar-refractivity contribution in [3.8, 4) is 0 Å². The van der Waals surface area contributed by atoms with Crippen LogP contribution in [0, 0.1) is 0 Å². The summed E-state index contributed by atoms with van der Waals surface area (Å²) in [6.07, 6.45) is 7.04. The first kappa shape index (κ1) is 18.9. The van der Waals surface area contributed by atoms with E-state index in [9.17, 15) is 8.42 Å². The quantitative estimate of drug-likeness (QED) is 0.544. The van der Waals surface area contributed by atoms with Gasteiger partial charge in [0.2, 0.25) is 10.0 Å². The maximum atomic E-state index is 11.9. The fourth-order valence-corrected chi connectivity index (χ4v) is 2.80. The monoisotopic (exact) mass is 292 g/mol. The largest absolute Gasteiger partial charge is 0.313 e. The van der Waals surface area contributed by atoms with Gasteiger partial charge in [-0.1, -0.05) is 52.9 Å². The maximum Gasteiger partial charge on any atom is 0.215 e. The van der Waals surface area contributed by atoms with Crippen molar-refractivity contribution in [3.05, 3.63) is 0 Å². The second-order valence-electron chi connectivity index (χ2n) is 5.58. The Labute approximate surface area is 119 Å². The van der Waals surface area contributed by atoms with E-state index in [1.807, 2.05) is 13.8 Å². The average molecular weight is 292 g/mol. The summed E-state index contributed by atoms with van der Waals surface area (Å²) in [7, 11) is -3.17. The molecule has 5 heteroatoms. The SMILES string of the molecule is CCCCCCCCNS(=O)(=O)C(C)CNC(C)C. The highest BCUT2D eigenvalue weighted by molar-refractivity contribution is 7.90. The molecule has 0 aliphatic carbocycles. The predicted molar refractivity (Wildman–Crippen MR) is 82.9 cm³/mol. The third-order valence-corrected chi connectivity index (χ3v) is 5.01. The van der Waals surface area contributed by atoms with Gasteiger partial charge in [0.1, 0.15) is 0 Å². The van der Waals surface area contributed by atoms with Crippen molar-refractivity contribution in [1.29, 1.82) is 0 Å². The lowest BCUT2D eigenvalue weighted by atomic mass is 10.1. The fraction of sp³-hybridized carbons (Fsp3) is 1.00. The third kappa shape index (κ3) is 10.3. The summed E-state index contributed by atoms with van der Waals surface area (Å²) in [5.41, 5.74) is 0. The van der Waals surface area contributed by atoms with Crippen molar-refractivity contribution < 1.29 is 8.42 Å². The first-order valence-corrected chi connectivity index (χ1v) is 9.16. The molecule has 2 N–H and O–H groups in total. The first-order valence-electron chi connectivity index (χ1n) is 7.62. The van der Waals surface area contributed by atoms with E-state index in [-0.39, 0.29) is 5.25 Å². The highest BCUT2D eigenvalue weighted by Crippen LogP contribution is 2.05. The lowest BCUT2D eigenvalue weighted by Gasteiger charge is -2.16. The third-order valence-electron chi connectivity index (χ3n) is 3.18. The van der Waals surface area contributed by atoms with Crippen LogP contribution in [-0.2, 0) is 10.0 Å². The predicted octanol–water partition coefficient (Wildman–Crippen LogP) is 2.65. The molecule has 19 heavy (non-hydrogen) atoms. The van der Waals surface area contributed by atoms with Gasteiger partial charge in [0.25, 0.3) is 0 Å². The van der Waals surface area contributed by atoms with Crippen LogP contribution in [0.4, 0.5) is 0 Å². The molecule has 0 saturated carbocycles. The normalized spacial score (nSPS) is 13.9. The minimum absolute atomic E-state index is 0.316. The van der Waals surface area contributed by atoms with Gasteiger partial charge >= 0.3 is 0 Å². The van der Waals surface area contributed by atoms with Gasteiger partial charge in [0.05, 0.1) is 5.25 Å². The molecule has 0 bridgehead atoms. The first-order chi connectivity index (χ1) is 8.90. The number of hydrogen-bond donors (Lipinski definition) is 2. The van der Waals surface area contributed by atoms with Gasteiger partial charge in [-0.25, -0.2) is 13.1 Å². The van der Waals surface area contributed by atoms with E-state index >= 15 is 0 Å². The molecule has 0 aliphatic heterocycles. The Kier molecular flexibility index (Phi) is 10.6. The minimum Gasteiger partial charge on any atom is -0.313 e. The average Bonchev–Trinajstić information content (AvgIpc) is 2.34.